The van der Waals surface area contributed by atoms with Crippen molar-refractivity contribution in [2.75, 3.05) is 13.6 Å². The van der Waals surface area contributed by atoms with Gasteiger partial charge < -0.3 is 10.3 Å². The van der Waals surface area contributed by atoms with Gasteiger partial charge in [-0.3, -0.25) is 0 Å². The Hall–Kier alpha value is -1.13. The first-order valence-corrected chi connectivity index (χ1v) is 6.42. The molecule has 0 aromatic carbocycles. The van der Waals surface area contributed by atoms with Crippen molar-refractivity contribution in [2.45, 2.75) is 19.8 Å². The number of thiophene rings is 1. The summed E-state index contributed by atoms with van der Waals surface area (Å²) in [6, 6.07) is 2.14. The molecule has 0 amide bonds. The highest BCUT2D eigenvalue weighted by Crippen LogP contribution is 2.27. The number of aromatic nitrogens is 2. The largest absolute Gasteiger partial charge is 0.341 e. The minimum atomic E-state index is 1.01. The molecule has 0 radical (unpaired) electrons. The van der Waals surface area contributed by atoms with Crippen molar-refractivity contribution < 1.29 is 0 Å². The molecule has 2 aromatic rings. The molecule has 2 heterocycles. The molecule has 0 spiro atoms. The number of imidazole rings is 1. The molecule has 0 aliphatic carbocycles. The van der Waals surface area contributed by atoms with Crippen molar-refractivity contribution in [3.8, 4) is 10.6 Å². The number of aryl methyl sites for hydroxylation is 2. The van der Waals surface area contributed by atoms with Crippen LogP contribution in [-0.4, -0.2) is 23.6 Å². The van der Waals surface area contributed by atoms with E-state index in [1.165, 1.54) is 10.4 Å². The predicted molar refractivity (Wildman–Crippen MR) is 68.9 cm³/mol. The lowest BCUT2D eigenvalue weighted by Gasteiger charge is -1.97. The maximum absolute atomic E-state index is 4.41. The normalized spacial score (nSPS) is 10.9. The number of nitrogens with one attached hydrogen (secondary N) is 2. The van der Waals surface area contributed by atoms with E-state index in [-0.39, 0.29) is 0 Å². The molecule has 3 nitrogen and oxygen atoms in total. The van der Waals surface area contributed by atoms with E-state index in [0.29, 0.717) is 0 Å². The molecular weight excluding hydrogens is 218 g/mol. The molecule has 0 bridgehead atoms. The fourth-order valence-corrected chi connectivity index (χ4v) is 2.58. The zero-order chi connectivity index (χ0) is 11.4. The van der Waals surface area contributed by atoms with E-state index >= 15 is 0 Å². The lowest BCUT2D eigenvalue weighted by molar-refractivity contribution is 0.707. The van der Waals surface area contributed by atoms with Gasteiger partial charge in [-0.15, -0.1) is 11.3 Å². The smallest absolute Gasteiger partial charge is 0.106 e. The Bertz CT molecular complexity index is 445. The summed E-state index contributed by atoms with van der Waals surface area (Å²) in [5, 5.41) is 5.26. The summed E-state index contributed by atoms with van der Waals surface area (Å²) < 4.78 is 0. The molecule has 0 aliphatic rings. The highest BCUT2D eigenvalue weighted by molar-refractivity contribution is 7.13. The van der Waals surface area contributed by atoms with E-state index in [4.69, 9.17) is 0 Å². The maximum atomic E-state index is 4.41. The average Bonchev–Trinajstić information content (AvgIpc) is 2.87. The van der Waals surface area contributed by atoms with Crippen LogP contribution in [-0.2, 0) is 6.42 Å². The van der Waals surface area contributed by atoms with Crippen LogP contribution in [0, 0.1) is 6.92 Å². The second kappa shape index (κ2) is 5.27. The van der Waals surface area contributed by atoms with Gasteiger partial charge in [0.05, 0.1) is 16.8 Å². The lowest BCUT2D eigenvalue weighted by atomic mass is 10.2. The Morgan fingerprint density at radius 3 is 3.06 bits per heavy atom. The van der Waals surface area contributed by atoms with Gasteiger partial charge in [0.2, 0.25) is 0 Å². The molecule has 2 rings (SSSR count). The molecule has 0 fully saturated rings. The van der Waals surface area contributed by atoms with Crippen molar-refractivity contribution in [3.63, 3.8) is 0 Å². The Morgan fingerprint density at radius 1 is 1.50 bits per heavy atom. The highest BCUT2D eigenvalue weighted by atomic mass is 32.1. The molecule has 0 saturated carbocycles. The average molecular weight is 235 g/mol. The predicted octanol–water partition coefficient (Wildman–Crippen LogP) is 2.60. The summed E-state index contributed by atoms with van der Waals surface area (Å²) in [6.07, 6.45) is 4.06. The summed E-state index contributed by atoms with van der Waals surface area (Å²) in [5.74, 6) is 1.08. The summed E-state index contributed by atoms with van der Waals surface area (Å²) in [7, 11) is 1.97. The molecule has 0 atom stereocenters. The summed E-state index contributed by atoms with van der Waals surface area (Å²) in [5.41, 5.74) is 2.46. The third-order valence-corrected chi connectivity index (χ3v) is 3.63. The van der Waals surface area contributed by atoms with Crippen LogP contribution < -0.4 is 5.32 Å². The molecule has 0 saturated heterocycles. The van der Waals surface area contributed by atoms with Gasteiger partial charge in [-0.1, -0.05) is 0 Å². The Balaban J connectivity index is 2.05. The van der Waals surface area contributed by atoms with E-state index in [1.54, 1.807) is 11.3 Å². The summed E-state index contributed by atoms with van der Waals surface area (Å²) >= 11 is 1.76. The zero-order valence-electron chi connectivity index (χ0n) is 9.71. The van der Waals surface area contributed by atoms with Crippen LogP contribution in [0.1, 0.15) is 17.8 Å². The Kier molecular flexibility index (Phi) is 3.74. The van der Waals surface area contributed by atoms with Crippen LogP contribution in [0.25, 0.3) is 10.6 Å². The van der Waals surface area contributed by atoms with Crippen molar-refractivity contribution >= 4 is 11.3 Å². The fraction of sp³-hybridized carbons (Fsp3) is 0.417. The van der Waals surface area contributed by atoms with E-state index in [9.17, 15) is 0 Å². The zero-order valence-corrected chi connectivity index (χ0v) is 10.5. The number of nitrogens with zero attached hydrogens (tertiary/aromatic N) is 1. The summed E-state index contributed by atoms with van der Waals surface area (Å²) in [6.45, 7) is 3.17. The quantitative estimate of drug-likeness (QED) is 0.782. The third kappa shape index (κ3) is 2.51. The van der Waals surface area contributed by atoms with Crippen LogP contribution in [0.5, 0.6) is 0 Å². The molecular formula is C12H17N3S. The second-order valence-corrected chi connectivity index (χ2v) is 4.80. The Morgan fingerprint density at radius 2 is 2.38 bits per heavy atom. The standard InChI is InChI=1S/C12H17N3S/c1-9-5-7-16-12(9)10-8-14-11(15-10)4-3-6-13-2/h5,7-8,13H,3-4,6H2,1-2H3,(H,14,15). The van der Waals surface area contributed by atoms with Crippen LogP contribution >= 0.6 is 11.3 Å². The van der Waals surface area contributed by atoms with Crippen LogP contribution in [0.2, 0.25) is 0 Å². The highest BCUT2D eigenvalue weighted by Gasteiger charge is 2.06. The molecule has 0 unspecified atom stereocenters. The van der Waals surface area contributed by atoms with Crippen LogP contribution in [0.4, 0.5) is 0 Å². The molecule has 2 aromatic heterocycles. The van der Waals surface area contributed by atoms with Crippen LogP contribution in [0.15, 0.2) is 17.6 Å². The van der Waals surface area contributed by atoms with E-state index in [1.807, 2.05) is 13.2 Å². The number of aromatic amines is 1. The van der Waals surface area contributed by atoms with Gasteiger partial charge in [0.1, 0.15) is 5.82 Å². The lowest BCUT2D eigenvalue weighted by Crippen LogP contribution is -2.08. The SMILES string of the molecule is CNCCCc1ncc(-c2sccc2C)[nH]1. The van der Waals surface area contributed by atoms with Gasteiger partial charge in [-0.25, -0.2) is 4.98 Å². The van der Waals surface area contributed by atoms with Gasteiger partial charge in [0.15, 0.2) is 0 Å². The Labute approximate surface area is 99.9 Å². The van der Waals surface area contributed by atoms with Crippen molar-refractivity contribution in [1.29, 1.82) is 0 Å². The molecule has 4 heteroatoms. The second-order valence-electron chi connectivity index (χ2n) is 3.88. The third-order valence-electron chi connectivity index (χ3n) is 2.58. The summed E-state index contributed by atoms with van der Waals surface area (Å²) in [4.78, 5) is 9.09. The minimum absolute atomic E-state index is 1.01. The van der Waals surface area contributed by atoms with E-state index in [0.717, 1.165) is 30.9 Å². The van der Waals surface area contributed by atoms with Gasteiger partial charge in [0.25, 0.3) is 0 Å². The monoisotopic (exact) mass is 235 g/mol. The number of hydrogen-bond acceptors (Lipinski definition) is 3. The topological polar surface area (TPSA) is 40.7 Å². The molecule has 86 valence electrons. The van der Waals surface area contributed by atoms with Crippen molar-refractivity contribution in [1.82, 2.24) is 15.3 Å². The van der Waals surface area contributed by atoms with E-state index < -0.39 is 0 Å². The van der Waals surface area contributed by atoms with Gasteiger partial charge in [-0.05, 0) is 43.9 Å². The molecule has 2 N–H and O–H groups in total. The van der Waals surface area contributed by atoms with Gasteiger partial charge in [0, 0.05) is 6.42 Å². The van der Waals surface area contributed by atoms with Crippen LogP contribution in [0.3, 0.4) is 0 Å². The van der Waals surface area contributed by atoms with Gasteiger partial charge in [-0.2, -0.15) is 0 Å². The first kappa shape index (κ1) is 11.4. The van der Waals surface area contributed by atoms with E-state index in [2.05, 4.69) is 33.7 Å². The number of hydrogen-bond donors (Lipinski definition) is 2. The first-order chi connectivity index (χ1) is 7.81. The maximum Gasteiger partial charge on any atom is 0.106 e. The minimum Gasteiger partial charge on any atom is -0.341 e. The van der Waals surface area contributed by atoms with Gasteiger partial charge >= 0.3 is 0 Å². The number of rotatable bonds is 5. The number of H-pyrrole nitrogens is 1. The molecule has 16 heavy (non-hydrogen) atoms. The first-order valence-electron chi connectivity index (χ1n) is 5.54. The fourth-order valence-electron chi connectivity index (χ4n) is 1.69. The van der Waals surface area contributed by atoms with Crippen molar-refractivity contribution in [2.24, 2.45) is 0 Å². The van der Waals surface area contributed by atoms with Crippen molar-refractivity contribution in [3.05, 3.63) is 29.0 Å². The molecule has 0 aliphatic heterocycles.